The molecule has 1 amide bonds. The standard InChI is InChI=1S/C12H22N2O.ClH/c1-2-10-4-3-7-14(9-10)12(15)11-5-6-13-8-11;/h10-11,13H,2-9H2,1H3;1H. The lowest BCUT2D eigenvalue weighted by atomic mass is 9.94. The molecule has 16 heavy (non-hydrogen) atoms. The first-order valence-corrected chi connectivity index (χ1v) is 6.30. The molecule has 2 fully saturated rings. The van der Waals surface area contributed by atoms with Gasteiger partial charge in [0.1, 0.15) is 0 Å². The Morgan fingerprint density at radius 3 is 2.88 bits per heavy atom. The first-order valence-electron chi connectivity index (χ1n) is 6.30. The van der Waals surface area contributed by atoms with Crippen LogP contribution in [-0.4, -0.2) is 37.0 Å². The number of halogens is 1. The van der Waals surface area contributed by atoms with Crippen LogP contribution < -0.4 is 5.32 Å². The molecule has 0 saturated carbocycles. The summed E-state index contributed by atoms with van der Waals surface area (Å²) in [6.07, 6.45) is 4.76. The lowest BCUT2D eigenvalue weighted by Gasteiger charge is -2.33. The Kier molecular flexibility index (Phi) is 5.56. The molecule has 0 aromatic rings. The molecule has 94 valence electrons. The number of hydrogen-bond acceptors (Lipinski definition) is 2. The second-order valence-corrected chi connectivity index (χ2v) is 4.89. The fourth-order valence-electron chi connectivity index (χ4n) is 2.72. The van der Waals surface area contributed by atoms with Crippen LogP contribution in [0.5, 0.6) is 0 Å². The van der Waals surface area contributed by atoms with Gasteiger partial charge in [-0.25, -0.2) is 0 Å². The summed E-state index contributed by atoms with van der Waals surface area (Å²) in [6.45, 7) is 6.14. The summed E-state index contributed by atoms with van der Waals surface area (Å²) in [5.74, 6) is 1.41. The van der Waals surface area contributed by atoms with Gasteiger partial charge in [-0.2, -0.15) is 0 Å². The summed E-state index contributed by atoms with van der Waals surface area (Å²) in [5, 5.41) is 3.27. The zero-order valence-corrected chi connectivity index (χ0v) is 10.9. The quantitative estimate of drug-likeness (QED) is 0.804. The molecule has 2 atom stereocenters. The van der Waals surface area contributed by atoms with Crippen molar-refractivity contribution in [3.05, 3.63) is 0 Å². The largest absolute Gasteiger partial charge is 0.342 e. The van der Waals surface area contributed by atoms with E-state index in [4.69, 9.17) is 0 Å². The van der Waals surface area contributed by atoms with Gasteiger partial charge in [0.2, 0.25) is 5.91 Å². The Labute approximate surface area is 104 Å². The van der Waals surface area contributed by atoms with Crippen LogP contribution in [0.3, 0.4) is 0 Å². The first kappa shape index (κ1) is 13.8. The minimum Gasteiger partial charge on any atom is -0.342 e. The van der Waals surface area contributed by atoms with E-state index < -0.39 is 0 Å². The normalized spacial score (nSPS) is 29.9. The Balaban J connectivity index is 0.00000128. The molecule has 0 bridgehead atoms. The van der Waals surface area contributed by atoms with Crippen molar-refractivity contribution >= 4 is 18.3 Å². The average Bonchev–Trinajstić information content (AvgIpc) is 2.81. The molecule has 3 nitrogen and oxygen atoms in total. The molecule has 0 aliphatic carbocycles. The second-order valence-electron chi connectivity index (χ2n) is 4.89. The minimum atomic E-state index is 0. The molecule has 2 aliphatic rings. The molecule has 2 heterocycles. The van der Waals surface area contributed by atoms with Crippen LogP contribution in [0, 0.1) is 11.8 Å². The number of carbonyl (C=O) groups excluding carboxylic acids is 1. The van der Waals surface area contributed by atoms with E-state index in [-0.39, 0.29) is 18.3 Å². The number of amides is 1. The zero-order valence-electron chi connectivity index (χ0n) is 10.1. The van der Waals surface area contributed by atoms with Gasteiger partial charge in [0.15, 0.2) is 0 Å². The van der Waals surface area contributed by atoms with Gasteiger partial charge in [-0.15, -0.1) is 12.4 Å². The molecule has 4 heteroatoms. The van der Waals surface area contributed by atoms with Crippen molar-refractivity contribution in [1.82, 2.24) is 10.2 Å². The van der Waals surface area contributed by atoms with E-state index in [1.54, 1.807) is 0 Å². The van der Waals surface area contributed by atoms with Gasteiger partial charge in [0.25, 0.3) is 0 Å². The summed E-state index contributed by atoms with van der Waals surface area (Å²) in [4.78, 5) is 14.3. The van der Waals surface area contributed by atoms with Crippen LogP contribution in [0.25, 0.3) is 0 Å². The van der Waals surface area contributed by atoms with E-state index in [1.807, 2.05) is 0 Å². The topological polar surface area (TPSA) is 32.3 Å². The van der Waals surface area contributed by atoms with Crippen LogP contribution in [-0.2, 0) is 4.79 Å². The predicted molar refractivity (Wildman–Crippen MR) is 67.8 cm³/mol. The van der Waals surface area contributed by atoms with Gasteiger partial charge < -0.3 is 10.2 Å². The Morgan fingerprint density at radius 1 is 1.44 bits per heavy atom. The highest BCUT2D eigenvalue weighted by molar-refractivity contribution is 5.85. The van der Waals surface area contributed by atoms with Gasteiger partial charge in [-0.05, 0) is 31.7 Å². The van der Waals surface area contributed by atoms with Crippen LogP contribution in [0.1, 0.15) is 32.6 Å². The third-order valence-corrected chi connectivity index (χ3v) is 3.82. The fourth-order valence-corrected chi connectivity index (χ4v) is 2.72. The summed E-state index contributed by atoms with van der Waals surface area (Å²) in [7, 11) is 0. The molecule has 2 unspecified atom stereocenters. The highest BCUT2D eigenvalue weighted by Gasteiger charge is 2.29. The summed E-state index contributed by atoms with van der Waals surface area (Å²) < 4.78 is 0. The van der Waals surface area contributed by atoms with Gasteiger partial charge in [-0.1, -0.05) is 13.3 Å². The minimum absolute atomic E-state index is 0. The lowest BCUT2D eigenvalue weighted by Crippen LogP contribution is -2.43. The highest BCUT2D eigenvalue weighted by Crippen LogP contribution is 2.22. The smallest absolute Gasteiger partial charge is 0.227 e. The van der Waals surface area contributed by atoms with Crippen molar-refractivity contribution in [3.8, 4) is 0 Å². The van der Waals surface area contributed by atoms with Crippen LogP contribution in [0.15, 0.2) is 0 Å². The number of hydrogen-bond donors (Lipinski definition) is 1. The number of nitrogens with one attached hydrogen (secondary N) is 1. The third-order valence-electron chi connectivity index (χ3n) is 3.82. The van der Waals surface area contributed by atoms with E-state index in [1.165, 1.54) is 19.3 Å². The van der Waals surface area contributed by atoms with Gasteiger partial charge in [-0.3, -0.25) is 4.79 Å². The maximum Gasteiger partial charge on any atom is 0.227 e. The SMILES string of the molecule is CCC1CCCN(C(=O)C2CCNC2)C1.Cl. The predicted octanol–water partition coefficient (Wildman–Crippen LogP) is 1.67. The molecule has 0 aromatic carbocycles. The summed E-state index contributed by atoms with van der Waals surface area (Å²) in [6, 6.07) is 0. The zero-order chi connectivity index (χ0) is 10.7. The van der Waals surface area contributed by atoms with Crippen molar-refractivity contribution in [1.29, 1.82) is 0 Å². The van der Waals surface area contributed by atoms with Crippen LogP contribution >= 0.6 is 12.4 Å². The van der Waals surface area contributed by atoms with Gasteiger partial charge >= 0.3 is 0 Å². The maximum absolute atomic E-state index is 12.1. The first-order chi connectivity index (χ1) is 7.31. The van der Waals surface area contributed by atoms with E-state index in [9.17, 15) is 4.79 Å². The van der Waals surface area contributed by atoms with Crippen molar-refractivity contribution in [3.63, 3.8) is 0 Å². The summed E-state index contributed by atoms with van der Waals surface area (Å²) in [5.41, 5.74) is 0. The van der Waals surface area contributed by atoms with Crippen LogP contribution in [0.2, 0.25) is 0 Å². The molecule has 2 aliphatic heterocycles. The molecular formula is C12H23ClN2O. The number of rotatable bonds is 2. The van der Waals surface area contributed by atoms with Crippen molar-refractivity contribution in [2.45, 2.75) is 32.6 Å². The molecule has 2 rings (SSSR count). The number of likely N-dealkylation sites (tertiary alicyclic amines) is 1. The number of nitrogens with zero attached hydrogens (tertiary/aromatic N) is 1. The van der Waals surface area contributed by atoms with Crippen molar-refractivity contribution in [2.24, 2.45) is 11.8 Å². The van der Waals surface area contributed by atoms with E-state index >= 15 is 0 Å². The fraction of sp³-hybridized carbons (Fsp3) is 0.917. The maximum atomic E-state index is 12.1. The Morgan fingerprint density at radius 2 is 2.25 bits per heavy atom. The third kappa shape index (κ3) is 3.11. The van der Waals surface area contributed by atoms with E-state index in [0.717, 1.165) is 38.5 Å². The Bertz CT molecular complexity index is 229. The number of piperidine rings is 1. The Hall–Kier alpha value is -0.280. The van der Waals surface area contributed by atoms with Gasteiger partial charge in [0.05, 0.1) is 5.92 Å². The average molecular weight is 247 g/mol. The lowest BCUT2D eigenvalue weighted by molar-refractivity contribution is -0.136. The molecule has 1 N–H and O–H groups in total. The molecule has 2 saturated heterocycles. The highest BCUT2D eigenvalue weighted by atomic mass is 35.5. The van der Waals surface area contributed by atoms with Crippen molar-refractivity contribution < 1.29 is 4.79 Å². The van der Waals surface area contributed by atoms with E-state index in [0.29, 0.717) is 5.91 Å². The molecular weight excluding hydrogens is 224 g/mol. The molecule has 0 spiro atoms. The molecule has 0 radical (unpaired) electrons. The van der Waals surface area contributed by atoms with Crippen LogP contribution in [0.4, 0.5) is 0 Å². The van der Waals surface area contributed by atoms with Crippen molar-refractivity contribution in [2.75, 3.05) is 26.2 Å². The number of carbonyl (C=O) groups is 1. The second kappa shape index (κ2) is 6.45. The molecule has 0 aromatic heterocycles. The monoisotopic (exact) mass is 246 g/mol. The van der Waals surface area contributed by atoms with E-state index in [2.05, 4.69) is 17.1 Å². The summed E-state index contributed by atoms with van der Waals surface area (Å²) >= 11 is 0. The van der Waals surface area contributed by atoms with Gasteiger partial charge in [0, 0.05) is 19.6 Å².